The fraction of sp³-hybridized carbons (Fsp3) is 0.800. The van der Waals surface area contributed by atoms with Crippen LogP contribution in [-0.2, 0) is 20.8 Å². The Hall–Kier alpha value is -1.51. The van der Waals surface area contributed by atoms with Crippen LogP contribution >= 0.6 is 0 Å². The van der Waals surface area contributed by atoms with E-state index >= 15 is 0 Å². The van der Waals surface area contributed by atoms with Gasteiger partial charge in [0.25, 0.3) is 0 Å². The average molecular weight is 587 g/mol. The number of methoxy groups -OCH3 is 1. The van der Waals surface area contributed by atoms with Crippen molar-refractivity contribution in [2.45, 2.75) is 117 Å². The molecule has 7 nitrogen and oxygen atoms in total. The predicted octanol–water partition coefficient (Wildman–Crippen LogP) is 5.19. The minimum atomic E-state index is -0.804. The van der Waals surface area contributed by atoms with Gasteiger partial charge in [-0.3, -0.25) is 9.63 Å². The molecule has 0 radical (unpaired) electrons. The van der Waals surface area contributed by atoms with Crippen molar-refractivity contribution in [3.63, 3.8) is 0 Å². The monoisotopic (exact) mass is 586 g/mol. The number of aliphatic hydroxyl groups excluding tert-OH is 2. The van der Waals surface area contributed by atoms with Crippen LogP contribution in [0.15, 0.2) is 24.3 Å². The number of fused-ring (bicyclic) bond motifs is 2. The number of aryl methyl sites for hydroxylation is 1. The van der Waals surface area contributed by atoms with E-state index in [1.54, 1.807) is 19.1 Å². The zero-order valence-corrected chi connectivity index (χ0v) is 27.5. The molecule has 1 aliphatic heterocycles. The number of nitrogens with zero attached hydrogens (tertiary/aromatic N) is 1. The van der Waals surface area contributed by atoms with Gasteiger partial charge in [-0.1, -0.05) is 72.7 Å². The summed E-state index contributed by atoms with van der Waals surface area (Å²) >= 11 is 0. The van der Waals surface area contributed by atoms with Gasteiger partial charge in [-0.2, -0.15) is 5.06 Å². The Morgan fingerprint density at radius 3 is 2.43 bits per heavy atom. The standard InChI is InChI=1S/C35H58N2O5/c1-10-24-14-12-13-15-27(24)20(3)21(4)33(41-9)25(11-2)18-37-32(31(23(6)39)30(19-38)42-37)34(40)36-29-17-26-16-28(22(29)5)35(26,7)8/h12-15,20-23,25-26,28-33,38-39H,10-11,16-19H2,1-9H3,(H,36,40)/t20?,21?,22-,23-,25?,26+,28+,29-,30-,31-,32-,33?/m0/s1. The zero-order valence-electron chi connectivity index (χ0n) is 27.5. The Morgan fingerprint density at radius 2 is 1.88 bits per heavy atom. The van der Waals surface area contributed by atoms with Crippen LogP contribution in [0.4, 0.5) is 0 Å². The van der Waals surface area contributed by atoms with Crippen LogP contribution in [0.1, 0.15) is 91.7 Å². The summed E-state index contributed by atoms with van der Waals surface area (Å²) in [6, 6.07) is 8.09. The van der Waals surface area contributed by atoms with E-state index in [4.69, 9.17) is 9.57 Å². The molecule has 1 aromatic rings. The van der Waals surface area contributed by atoms with E-state index in [0.29, 0.717) is 29.7 Å². The van der Waals surface area contributed by atoms with E-state index in [-0.39, 0.29) is 42.4 Å². The highest BCUT2D eigenvalue weighted by Crippen LogP contribution is 2.61. The third-order valence-corrected chi connectivity index (χ3v) is 12.0. The molecule has 42 heavy (non-hydrogen) atoms. The van der Waals surface area contributed by atoms with Gasteiger partial charge in [-0.25, -0.2) is 0 Å². The Morgan fingerprint density at radius 1 is 1.19 bits per heavy atom. The summed E-state index contributed by atoms with van der Waals surface area (Å²) in [5.41, 5.74) is 3.06. The first-order valence-electron chi connectivity index (χ1n) is 16.5. The quantitative estimate of drug-likeness (QED) is 0.295. The van der Waals surface area contributed by atoms with E-state index < -0.39 is 24.2 Å². The molecule has 238 valence electrons. The molecule has 12 atom stereocenters. The topological polar surface area (TPSA) is 91.3 Å². The van der Waals surface area contributed by atoms with Gasteiger partial charge in [0.05, 0.1) is 18.8 Å². The Balaban J connectivity index is 1.54. The molecule has 1 heterocycles. The molecule has 5 rings (SSSR count). The first-order chi connectivity index (χ1) is 19.9. The molecule has 0 spiro atoms. The molecule has 0 aromatic heterocycles. The molecule has 4 fully saturated rings. The molecule has 1 amide bonds. The van der Waals surface area contributed by atoms with Gasteiger partial charge in [0.1, 0.15) is 12.1 Å². The average Bonchev–Trinajstić information content (AvgIpc) is 3.35. The van der Waals surface area contributed by atoms with Crippen molar-refractivity contribution in [2.24, 2.45) is 40.9 Å². The second kappa shape index (κ2) is 13.6. The van der Waals surface area contributed by atoms with Gasteiger partial charge in [-0.05, 0) is 78.7 Å². The van der Waals surface area contributed by atoms with Crippen LogP contribution in [0.25, 0.3) is 0 Å². The largest absolute Gasteiger partial charge is 0.394 e. The van der Waals surface area contributed by atoms with E-state index in [9.17, 15) is 15.0 Å². The molecule has 3 aliphatic carbocycles. The minimum Gasteiger partial charge on any atom is -0.394 e. The summed E-state index contributed by atoms with van der Waals surface area (Å²) in [4.78, 5) is 20.4. The van der Waals surface area contributed by atoms with Crippen LogP contribution < -0.4 is 5.32 Å². The van der Waals surface area contributed by atoms with Crippen molar-refractivity contribution in [3.05, 3.63) is 35.4 Å². The third kappa shape index (κ3) is 6.19. The Kier molecular flexibility index (Phi) is 10.8. The number of carbonyl (C=O) groups is 1. The Labute approximate surface area is 254 Å². The summed E-state index contributed by atoms with van der Waals surface area (Å²) in [7, 11) is 1.78. The minimum absolute atomic E-state index is 0.0619. The second-order valence-corrected chi connectivity index (χ2v) is 14.3. The van der Waals surface area contributed by atoms with Crippen LogP contribution in [0.5, 0.6) is 0 Å². The molecular formula is C35H58N2O5. The van der Waals surface area contributed by atoms with Crippen LogP contribution in [0.3, 0.4) is 0 Å². The summed E-state index contributed by atoms with van der Waals surface area (Å²) in [6.45, 7) is 17.8. The normalized spacial score (nSPS) is 34.2. The highest BCUT2D eigenvalue weighted by molar-refractivity contribution is 5.82. The first-order valence-corrected chi connectivity index (χ1v) is 16.5. The smallest absolute Gasteiger partial charge is 0.240 e. The van der Waals surface area contributed by atoms with Crippen molar-refractivity contribution in [1.29, 1.82) is 0 Å². The number of rotatable bonds is 13. The zero-order chi connectivity index (χ0) is 30.9. The maximum absolute atomic E-state index is 14.1. The maximum Gasteiger partial charge on any atom is 0.240 e. The molecule has 2 bridgehead atoms. The first kappa shape index (κ1) is 33.4. The third-order valence-electron chi connectivity index (χ3n) is 12.0. The number of hydroxylamine groups is 2. The van der Waals surface area contributed by atoms with Crippen LogP contribution in [0, 0.1) is 40.9 Å². The lowest BCUT2D eigenvalue weighted by atomic mass is 9.45. The number of benzene rings is 1. The summed E-state index contributed by atoms with van der Waals surface area (Å²) in [5, 5.41) is 26.2. The predicted molar refractivity (Wildman–Crippen MR) is 167 cm³/mol. The molecule has 3 N–H and O–H groups in total. The number of carbonyl (C=O) groups excluding carboxylic acids is 1. The van der Waals surface area contributed by atoms with E-state index in [1.807, 2.05) is 0 Å². The number of aliphatic hydroxyl groups is 2. The van der Waals surface area contributed by atoms with Gasteiger partial charge in [0.2, 0.25) is 5.91 Å². The highest BCUT2D eigenvalue weighted by atomic mass is 16.7. The number of amides is 1. The molecule has 3 saturated carbocycles. The number of nitrogens with one attached hydrogen (secondary N) is 1. The molecule has 1 saturated heterocycles. The molecule has 4 unspecified atom stereocenters. The van der Waals surface area contributed by atoms with Gasteiger partial charge < -0.3 is 20.3 Å². The summed E-state index contributed by atoms with van der Waals surface area (Å²) in [5.74, 6) is 1.62. The molecule has 4 aliphatic rings. The van der Waals surface area contributed by atoms with Crippen molar-refractivity contribution in [1.82, 2.24) is 10.4 Å². The fourth-order valence-electron chi connectivity index (χ4n) is 8.91. The lowest BCUT2D eigenvalue weighted by Crippen LogP contribution is -2.62. The number of ether oxygens (including phenoxy) is 1. The van der Waals surface area contributed by atoms with Gasteiger partial charge in [0, 0.05) is 31.5 Å². The second-order valence-electron chi connectivity index (χ2n) is 14.3. The molecular weight excluding hydrogens is 528 g/mol. The SMILES string of the molecule is CCc1ccccc1C(C)C(C)C(OC)C(CC)CN1O[C@@H](CO)[C@H]([C@H](C)O)[C@H]1C(=O)N[C@H]1C[C@H]2C[C@H]([C@@H]1C)C2(C)C. The summed E-state index contributed by atoms with van der Waals surface area (Å²) < 4.78 is 6.20. The van der Waals surface area contributed by atoms with Gasteiger partial charge >= 0.3 is 0 Å². The summed E-state index contributed by atoms with van der Waals surface area (Å²) in [6.07, 6.45) is 2.57. The van der Waals surface area contributed by atoms with Crippen molar-refractivity contribution in [2.75, 3.05) is 20.3 Å². The Bertz CT molecular complexity index is 1050. The van der Waals surface area contributed by atoms with E-state index in [1.165, 1.54) is 17.5 Å². The van der Waals surface area contributed by atoms with Crippen molar-refractivity contribution < 1.29 is 24.6 Å². The lowest BCUT2D eigenvalue weighted by molar-refractivity contribution is -0.189. The van der Waals surface area contributed by atoms with E-state index in [0.717, 1.165) is 19.3 Å². The lowest BCUT2D eigenvalue weighted by Gasteiger charge is -2.62. The van der Waals surface area contributed by atoms with Crippen LogP contribution in [-0.4, -0.2) is 71.8 Å². The molecule has 7 heteroatoms. The maximum atomic E-state index is 14.1. The van der Waals surface area contributed by atoms with Gasteiger partial charge in [0.15, 0.2) is 0 Å². The van der Waals surface area contributed by atoms with Crippen LogP contribution in [0.2, 0.25) is 0 Å². The van der Waals surface area contributed by atoms with Crippen molar-refractivity contribution >= 4 is 5.91 Å². The van der Waals surface area contributed by atoms with Gasteiger partial charge in [-0.15, -0.1) is 0 Å². The van der Waals surface area contributed by atoms with Crippen molar-refractivity contribution in [3.8, 4) is 0 Å². The number of hydrogen-bond donors (Lipinski definition) is 3. The van der Waals surface area contributed by atoms with E-state index in [2.05, 4.69) is 78.0 Å². The fourth-order valence-corrected chi connectivity index (χ4v) is 8.91. The highest BCUT2D eigenvalue weighted by Gasteiger charge is 2.57. The molecule has 1 aromatic carbocycles. The number of hydrogen-bond acceptors (Lipinski definition) is 6.